The summed E-state index contributed by atoms with van der Waals surface area (Å²) in [6, 6.07) is 4.93. The number of hydrogen-bond acceptors (Lipinski definition) is 3. The van der Waals surface area contributed by atoms with Gasteiger partial charge >= 0.3 is 0 Å². The summed E-state index contributed by atoms with van der Waals surface area (Å²) in [6.07, 6.45) is 1.74. The lowest BCUT2D eigenvalue weighted by Crippen LogP contribution is -2.33. The third-order valence-electron chi connectivity index (χ3n) is 3.75. The smallest absolute Gasteiger partial charge is 0.220 e. The predicted octanol–water partition coefficient (Wildman–Crippen LogP) is 2.95. The summed E-state index contributed by atoms with van der Waals surface area (Å²) < 4.78 is 0. The summed E-state index contributed by atoms with van der Waals surface area (Å²) in [5.74, 6) is 0.411. The number of piperidine rings is 1. The van der Waals surface area contributed by atoms with Gasteiger partial charge in [-0.2, -0.15) is 0 Å². The zero-order chi connectivity index (χ0) is 15.2. The number of halogens is 3. The minimum atomic E-state index is -0.827. The molecule has 1 unspecified atom stereocenters. The van der Waals surface area contributed by atoms with Crippen LogP contribution in [0, 0.1) is 5.92 Å². The molecule has 22 heavy (non-hydrogen) atoms. The van der Waals surface area contributed by atoms with Crippen molar-refractivity contribution >= 4 is 41.5 Å². The summed E-state index contributed by atoms with van der Waals surface area (Å²) in [7, 11) is 0. The topological polar surface area (TPSA) is 61.4 Å². The molecule has 7 heteroatoms. The summed E-state index contributed by atoms with van der Waals surface area (Å²) in [4.78, 5) is 11.9. The van der Waals surface area contributed by atoms with E-state index in [2.05, 4.69) is 10.6 Å². The number of rotatable bonds is 5. The number of benzene rings is 1. The van der Waals surface area contributed by atoms with Gasteiger partial charge in [0.25, 0.3) is 0 Å². The van der Waals surface area contributed by atoms with E-state index in [0.717, 1.165) is 25.9 Å². The van der Waals surface area contributed by atoms with E-state index in [9.17, 15) is 9.90 Å². The van der Waals surface area contributed by atoms with Crippen LogP contribution in [0.15, 0.2) is 18.2 Å². The van der Waals surface area contributed by atoms with Gasteiger partial charge in [-0.1, -0.05) is 29.3 Å². The Hall–Kier alpha value is -0.520. The van der Waals surface area contributed by atoms with Crippen LogP contribution in [-0.2, 0) is 4.79 Å². The maximum atomic E-state index is 11.9. The Morgan fingerprint density at radius 3 is 2.68 bits per heavy atom. The molecule has 0 saturated carbocycles. The van der Waals surface area contributed by atoms with Crippen LogP contribution in [0.1, 0.15) is 30.9 Å². The Balaban J connectivity index is 0.00000242. The molecule has 1 heterocycles. The molecule has 1 atom stereocenters. The second kappa shape index (κ2) is 9.58. The predicted molar refractivity (Wildman–Crippen MR) is 91.9 cm³/mol. The first-order valence-corrected chi connectivity index (χ1v) is 7.92. The molecule has 1 aromatic carbocycles. The van der Waals surface area contributed by atoms with Crippen LogP contribution in [0.25, 0.3) is 0 Å². The Bertz CT molecular complexity index is 494. The molecule has 1 saturated heterocycles. The van der Waals surface area contributed by atoms with Crippen molar-refractivity contribution in [2.75, 3.05) is 19.6 Å². The van der Waals surface area contributed by atoms with Crippen LogP contribution in [0.2, 0.25) is 10.0 Å². The van der Waals surface area contributed by atoms with E-state index >= 15 is 0 Å². The molecule has 124 valence electrons. The number of amides is 1. The molecule has 2 rings (SSSR count). The first-order valence-electron chi connectivity index (χ1n) is 7.16. The van der Waals surface area contributed by atoms with Crippen molar-refractivity contribution in [3.8, 4) is 0 Å². The second-order valence-electron chi connectivity index (χ2n) is 5.38. The molecule has 0 aromatic heterocycles. The fourth-order valence-corrected chi connectivity index (χ4v) is 3.05. The highest BCUT2D eigenvalue weighted by Crippen LogP contribution is 2.26. The second-order valence-corrected chi connectivity index (χ2v) is 6.23. The van der Waals surface area contributed by atoms with E-state index in [4.69, 9.17) is 23.2 Å². The van der Waals surface area contributed by atoms with E-state index in [-0.39, 0.29) is 24.9 Å². The number of carbonyl (C=O) groups excluding carboxylic acids is 1. The molecule has 0 spiro atoms. The van der Waals surface area contributed by atoms with Gasteiger partial charge in [-0.05, 0) is 44.0 Å². The van der Waals surface area contributed by atoms with Gasteiger partial charge in [-0.25, -0.2) is 0 Å². The van der Waals surface area contributed by atoms with Crippen LogP contribution < -0.4 is 10.6 Å². The highest BCUT2D eigenvalue weighted by molar-refractivity contribution is 6.35. The molecule has 4 nitrogen and oxygen atoms in total. The first-order chi connectivity index (χ1) is 10.1. The standard InChI is InChI=1S/C15H20Cl2N2O2.ClH/c16-11-1-2-12(13(17)8-11)14(20)9-19-15(21)7-10-3-5-18-6-4-10;/h1-2,8,10,14,18,20H,3-7,9H2,(H,19,21);1H. The van der Waals surface area contributed by atoms with Gasteiger partial charge in [-0.15, -0.1) is 12.4 Å². The average Bonchev–Trinajstić information content (AvgIpc) is 2.46. The fraction of sp³-hybridized carbons (Fsp3) is 0.533. The summed E-state index contributed by atoms with van der Waals surface area (Å²) in [5, 5.41) is 17.1. The molecule has 3 N–H and O–H groups in total. The minimum absolute atomic E-state index is 0. The van der Waals surface area contributed by atoms with Crippen LogP contribution in [0.5, 0.6) is 0 Å². The van der Waals surface area contributed by atoms with E-state index < -0.39 is 6.10 Å². The zero-order valence-electron chi connectivity index (χ0n) is 12.1. The van der Waals surface area contributed by atoms with Gasteiger partial charge in [0.1, 0.15) is 0 Å². The molecular weight excluding hydrogens is 347 g/mol. The summed E-state index contributed by atoms with van der Waals surface area (Å²) in [6.45, 7) is 2.10. The van der Waals surface area contributed by atoms with Gasteiger partial charge < -0.3 is 15.7 Å². The van der Waals surface area contributed by atoms with Crippen molar-refractivity contribution in [2.45, 2.75) is 25.4 Å². The normalized spacial score (nSPS) is 16.7. The van der Waals surface area contributed by atoms with E-state index in [1.54, 1.807) is 18.2 Å². The molecule has 1 amide bonds. The molecule has 1 aliphatic rings. The Labute approximate surface area is 147 Å². The number of carbonyl (C=O) groups is 1. The highest BCUT2D eigenvalue weighted by Gasteiger charge is 2.18. The number of hydrogen-bond donors (Lipinski definition) is 3. The van der Waals surface area contributed by atoms with Gasteiger partial charge in [0.2, 0.25) is 5.91 Å². The number of nitrogens with one attached hydrogen (secondary N) is 2. The minimum Gasteiger partial charge on any atom is -0.387 e. The van der Waals surface area contributed by atoms with E-state index in [1.807, 2.05) is 0 Å². The quantitative estimate of drug-likeness (QED) is 0.750. The molecule has 0 radical (unpaired) electrons. The maximum Gasteiger partial charge on any atom is 0.220 e. The monoisotopic (exact) mass is 366 g/mol. The van der Waals surface area contributed by atoms with Crippen molar-refractivity contribution < 1.29 is 9.90 Å². The van der Waals surface area contributed by atoms with E-state index in [1.165, 1.54) is 0 Å². The van der Waals surface area contributed by atoms with Crippen molar-refractivity contribution in [2.24, 2.45) is 5.92 Å². The van der Waals surface area contributed by atoms with Crippen LogP contribution in [-0.4, -0.2) is 30.6 Å². The van der Waals surface area contributed by atoms with Gasteiger partial charge in [0, 0.05) is 28.6 Å². The van der Waals surface area contributed by atoms with Crippen LogP contribution in [0.4, 0.5) is 0 Å². The molecule has 1 fully saturated rings. The van der Waals surface area contributed by atoms with E-state index in [0.29, 0.717) is 27.9 Å². The summed E-state index contributed by atoms with van der Waals surface area (Å²) >= 11 is 11.8. The highest BCUT2D eigenvalue weighted by atomic mass is 35.5. The van der Waals surface area contributed by atoms with Crippen molar-refractivity contribution in [1.29, 1.82) is 0 Å². The lowest BCUT2D eigenvalue weighted by molar-refractivity contribution is -0.122. The van der Waals surface area contributed by atoms with Gasteiger partial charge in [-0.3, -0.25) is 4.79 Å². The lowest BCUT2D eigenvalue weighted by atomic mass is 9.94. The Kier molecular flexibility index (Phi) is 8.50. The largest absolute Gasteiger partial charge is 0.387 e. The SMILES string of the molecule is Cl.O=C(CC1CCNCC1)NCC(O)c1ccc(Cl)cc1Cl. The average molecular weight is 368 g/mol. The first kappa shape index (κ1) is 19.5. The fourth-order valence-electron chi connectivity index (χ4n) is 2.51. The zero-order valence-corrected chi connectivity index (χ0v) is 14.5. The molecule has 1 aliphatic heterocycles. The molecule has 0 aliphatic carbocycles. The Morgan fingerprint density at radius 1 is 1.36 bits per heavy atom. The third-order valence-corrected chi connectivity index (χ3v) is 4.31. The summed E-state index contributed by atoms with van der Waals surface area (Å²) in [5.41, 5.74) is 0.572. The van der Waals surface area contributed by atoms with Gasteiger partial charge in [0.05, 0.1) is 6.10 Å². The molecule has 0 bridgehead atoms. The number of aliphatic hydroxyl groups is 1. The van der Waals surface area contributed by atoms with Crippen LogP contribution >= 0.6 is 35.6 Å². The number of aliphatic hydroxyl groups excluding tert-OH is 1. The lowest BCUT2D eigenvalue weighted by Gasteiger charge is -2.22. The van der Waals surface area contributed by atoms with Crippen molar-refractivity contribution in [3.05, 3.63) is 33.8 Å². The van der Waals surface area contributed by atoms with Crippen molar-refractivity contribution in [1.82, 2.24) is 10.6 Å². The molecule has 1 aromatic rings. The van der Waals surface area contributed by atoms with Crippen LogP contribution in [0.3, 0.4) is 0 Å². The van der Waals surface area contributed by atoms with Crippen molar-refractivity contribution in [3.63, 3.8) is 0 Å². The Morgan fingerprint density at radius 2 is 2.05 bits per heavy atom. The third kappa shape index (κ3) is 5.94. The van der Waals surface area contributed by atoms with Gasteiger partial charge in [0.15, 0.2) is 0 Å². The molecular formula is C15H21Cl3N2O2. The maximum absolute atomic E-state index is 11.9.